The minimum atomic E-state index is -0.373. The van der Waals surface area contributed by atoms with E-state index in [2.05, 4.69) is 25.2 Å². The molecule has 1 fully saturated rings. The van der Waals surface area contributed by atoms with Gasteiger partial charge in [0.15, 0.2) is 18.2 Å². The van der Waals surface area contributed by atoms with Gasteiger partial charge in [0, 0.05) is 44.4 Å². The SMILES string of the molecule is COc1ccc2ncc(F)c(CCN3CCC(N(C)C(=O)c4ccc5c(n4)NC(=O)CO5)CC3)c2n1. The van der Waals surface area contributed by atoms with Crippen molar-refractivity contribution in [3.63, 3.8) is 0 Å². The van der Waals surface area contributed by atoms with Crippen LogP contribution in [0.4, 0.5) is 10.2 Å². The van der Waals surface area contributed by atoms with E-state index >= 15 is 0 Å². The Labute approximate surface area is 207 Å². The van der Waals surface area contributed by atoms with Crippen LogP contribution in [0.2, 0.25) is 0 Å². The number of hydrogen-bond donors (Lipinski definition) is 1. The van der Waals surface area contributed by atoms with Crippen LogP contribution in [-0.2, 0) is 11.2 Å². The van der Waals surface area contributed by atoms with Crippen molar-refractivity contribution in [3.05, 3.63) is 47.5 Å². The van der Waals surface area contributed by atoms with E-state index in [0.29, 0.717) is 41.2 Å². The summed E-state index contributed by atoms with van der Waals surface area (Å²) in [5, 5.41) is 2.63. The highest BCUT2D eigenvalue weighted by Gasteiger charge is 2.28. The lowest BCUT2D eigenvalue weighted by Crippen LogP contribution is -2.46. The largest absolute Gasteiger partial charge is 0.481 e. The van der Waals surface area contributed by atoms with Gasteiger partial charge in [-0.1, -0.05) is 0 Å². The van der Waals surface area contributed by atoms with Gasteiger partial charge in [0.25, 0.3) is 11.8 Å². The van der Waals surface area contributed by atoms with Gasteiger partial charge in [0.1, 0.15) is 11.5 Å². The predicted octanol–water partition coefficient (Wildman–Crippen LogP) is 2.28. The minimum Gasteiger partial charge on any atom is -0.481 e. The van der Waals surface area contributed by atoms with E-state index in [1.165, 1.54) is 13.3 Å². The highest BCUT2D eigenvalue weighted by Crippen LogP contribution is 2.27. The van der Waals surface area contributed by atoms with Gasteiger partial charge in [-0.25, -0.2) is 14.4 Å². The topological polar surface area (TPSA) is 110 Å². The third-order valence-corrected chi connectivity index (χ3v) is 6.75. The molecule has 0 atom stereocenters. The number of rotatable bonds is 6. The first-order valence-electron chi connectivity index (χ1n) is 11.8. The van der Waals surface area contributed by atoms with Crippen LogP contribution in [0.25, 0.3) is 11.0 Å². The fraction of sp³-hybridized carbons (Fsp3) is 0.400. The van der Waals surface area contributed by atoms with Gasteiger partial charge in [-0.15, -0.1) is 0 Å². The maximum absolute atomic E-state index is 14.6. The maximum atomic E-state index is 14.6. The van der Waals surface area contributed by atoms with Crippen LogP contribution in [-0.4, -0.2) is 83.0 Å². The summed E-state index contributed by atoms with van der Waals surface area (Å²) < 4.78 is 25.1. The minimum absolute atomic E-state index is 0.0573. The number of fused-ring (bicyclic) bond motifs is 2. The number of aromatic nitrogens is 3. The molecule has 0 unspecified atom stereocenters. The quantitative estimate of drug-likeness (QED) is 0.556. The summed E-state index contributed by atoms with van der Waals surface area (Å²) >= 11 is 0. The Balaban J connectivity index is 1.19. The highest BCUT2D eigenvalue weighted by atomic mass is 19.1. The van der Waals surface area contributed by atoms with E-state index in [4.69, 9.17) is 9.47 Å². The Morgan fingerprint density at radius 2 is 2.06 bits per heavy atom. The number of halogens is 1. The molecule has 5 rings (SSSR count). The van der Waals surface area contributed by atoms with E-state index < -0.39 is 0 Å². The fourth-order valence-corrected chi connectivity index (χ4v) is 4.66. The number of ether oxygens (including phenoxy) is 2. The van der Waals surface area contributed by atoms with Crippen molar-refractivity contribution in [2.45, 2.75) is 25.3 Å². The summed E-state index contributed by atoms with van der Waals surface area (Å²) in [5.74, 6) is 0.268. The molecule has 0 bridgehead atoms. The van der Waals surface area contributed by atoms with Crippen molar-refractivity contribution >= 4 is 28.7 Å². The van der Waals surface area contributed by atoms with Crippen LogP contribution >= 0.6 is 0 Å². The Kier molecular flexibility index (Phi) is 6.64. The van der Waals surface area contributed by atoms with Crippen LogP contribution in [0.3, 0.4) is 0 Å². The van der Waals surface area contributed by atoms with Crippen molar-refractivity contribution in [2.24, 2.45) is 0 Å². The molecular formula is C25H27FN6O4. The Morgan fingerprint density at radius 1 is 1.25 bits per heavy atom. The van der Waals surface area contributed by atoms with Crippen molar-refractivity contribution in [1.82, 2.24) is 24.8 Å². The number of carbonyl (C=O) groups excluding carboxylic acids is 2. The molecule has 0 aliphatic carbocycles. The lowest BCUT2D eigenvalue weighted by molar-refractivity contribution is -0.118. The molecule has 3 aromatic rings. The zero-order valence-electron chi connectivity index (χ0n) is 20.2. The zero-order valence-corrected chi connectivity index (χ0v) is 20.2. The third kappa shape index (κ3) is 4.78. The molecular weight excluding hydrogens is 467 g/mol. The molecule has 0 radical (unpaired) electrons. The first-order chi connectivity index (χ1) is 17.4. The number of anilines is 1. The van der Waals surface area contributed by atoms with Gasteiger partial charge < -0.3 is 24.6 Å². The Hall–Kier alpha value is -3.86. The molecule has 188 valence electrons. The molecule has 10 nitrogen and oxygen atoms in total. The van der Waals surface area contributed by atoms with Crippen molar-refractivity contribution < 1.29 is 23.5 Å². The normalized spacial score (nSPS) is 16.2. The second-order valence-electron chi connectivity index (χ2n) is 8.92. The highest BCUT2D eigenvalue weighted by molar-refractivity contribution is 5.97. The zero-order chi connectivity index (χ0) is 25.2. The van der Waals surface area contributed by atoms with Gasteiger partial charge in [-0.3, -0.25) is 14.6 Å². The molecule has 0 spiro atoms. The summed E-state index contributed by atoms with van der Waals surface area (Å²) in [7, 11) is 3.30. The fourth-order valence-electron chi connectivity index (χ4n) is 4.66. The van der Waals surface area contributed by atoms with Gasteiger partial charge in [0.2, 0.25) is 5.88 Å². The van der Waals surface area contributed by atoms with E-state index in [0.717, 1.165) is 25.9 Å². The number of hydrogen-bond acceptors (Lipinski definition) is 8. The van der Waals surface area contributed by atoms with E-state index in [1.807, 2.05) is 0 Å². The number of carbonyl (C=O) groups is 2. The van der Waals surface area contributed by atoms with Crippen molar-refractivity contribution in [2.75, 3.05) is 45.7 Å². The smallest absolute Gasteiger partial charge is 0.272 e. The number of amides is 2. The second kappa shape index (κ2) is 10.0. The average molecular weight is 495 g/mol. The molecule has 2 amide bonds. The molecule has 5 heterocycles. The molecule has 11 heteroatoms. The lowest BCUT2D eigenvalue weighted by atomic mass is 10.0. The van der Waals surface area contributed by atoms with E-state index in [1.54, 1.807) is 36.2 Å². The van der Waals surface area contributed by atoms with Crippen LogP contribution < -0.4 is 14.8 Å². The van der Waals surface area contributed by atoms with Crippen LogP contribution in [0.5, 0.6) is 11.6 Å². The number of likely N-dealkylation sites (tertiary alicyclic amines) is 1. The number of nitrogens with zero attached hydrogens (tertiary/aromatic N) is 5. The number of piperidine rings is 1. The summed E-state index contributed by atoms with van der Waals surface area (Å²) in [5.41, 5.74) is 1.94. The lowest BCUT2D eigenvalue weighted by Gasteiger charge is -2.36. The molecule has 1 N–H and O–H groups in total. The number of pyridine rings is 3. The van der Waals surface area contributed by atoms with Crippen molar-refractivity contribution in [3.8, 4) is 11.6 Å². The van der Waals surface area contributed by atoms with Crippen molar-refractivity contribution in [1.29, 1.82) is 0 Å². The monoisotopic (exact) mass is 494 g/mol. The molecule has 2 aliphatic rings. The second-order valence-corrected chi connectivity index (χ2v) is 8.92. The summed E-state index contributed by atoms with van der Waals surface area (Å²) in [6.45, 7) is 2.18. The number of methoxy groups -OCH3 is 1. The molecule has 36 heavy (non-hydrogen) atoms. The predicted molar refractivity (Wildman–Crippen MR) is 130 cm³/mol. The number of nitrogens with one attached hydrogen (secondary N) is 1. The van der Waals surface area contributed by atoms with Gasteiger partial charge in [0.05, 0.1) is 24.3 Å². The van der Waals surface area contributed by atoms with Crippen LogP contribution in [0.1, 0.15) is 28.9 Å². The maximum Gasteiger partial charge on any atom is 0.272 e. The molecule has 2 aliphatic heterocycles. The van der Waals surface area contributed by atoms with Gasteiger partial charge in [-0.05, 0) is 37.5 Å². The summed E-state index contributed by atoms with van der Waals surface area (Å²) in [4.78, 5) is 41.4. The molecule has 0 saturated carbocycles. The van der Waals surface area contributed by atoms with E-state index in [-0.39, 0.29) is 41.8 Å². The van der Waals surface area contributed by atoms with Gasteiger partial charge >= 0.3 is 0 Å². The Morgan fingerprint density at radius 3 is 2.83 bits per heavy atom. The van der Waals surface area contributed by atoms with Crippen LogP contribution in [0.15, 0.2) is 30.5 Å². The third-order valence-electron chi connectivity index (χ3n) is 6.75. The standard InChI is InChI=1S/C25H27FN6O4/c1-31(25(34)19-3-5-20-24(28-19)29-21(33)14-36-20)15-7-10-32(11-8-15)12-9-16-17(26)13-27-18-4-6-22(35-2)30-23(16)18/h3-6,13,15H,7-12,14H2,1-2H3,(H,28,29,33). The average Bonchev–Trinajstić information content (AvgIpc) is 2.91. The summed E-state index contributed by atoms with van der Waals surface area (Å²) in [6.07, 6.45) is 3.32. The first-order valence-corrected chi connectivity index (χ1v) is 11.8. The van der Waals surface area contributed by atoms with Gasteiger partial charge in [-0.2, -0.15) is 0 Å². The Bertz CT molecular complexity index is 1310. The summed E-state index contributed by atoms with van der Waals surface area (Å²) in [6, 6.07) is 6.81. The van der Waals surface area contributed by atoms with Crippen LogP contribution in [0, 0.1) is 5.82 Å². The first kappa shape index (κ1) is 23.9. The molecule has 1 saturated heterocycles. The molecule has 0 aromatic carbocycles. The van der Waals surface area contributed by atoms with E-state index in [9.17, 15) is 14.0 Å². The molecule has 3 aromatic heterocycles.